The van der Waals surface area contributed by atoms with Crippen molar-refractivity contribution in [3.05, 3.63) is 48.3 Å². The van der Waals surface area contributed by atoms with E-state index in [4.69, 9.17) is 14.5 Å². The number of rotatable bonds is 4. The van der Waals surface area contributed by atoms with Crippen molar-refractivity contribution in [1.82, 2.24) is 9.97 Å². The summed E-state index contributed by atoms with van der Waals surface area (Å²) >= 11 is 1.72. The van der Waals surface area contributed by atoms with Crippen LogP contribution in [-0.2, 0) is 15.2 Å². The quantitative estimate of drug-likeness (QED) is 0.796. The number of hydrogen-bond donors (Lipinski definition) is 0. The molecule has 1 aromatic carbocycles. The van der Waals surface area contributed by atoms with E-state index in [0.717, 1.165) is 42.7 Å². The molecule has 2 aliphatic rings. The Morgan fingerprint density at radius 2 is 2.08 bits per heavy atom. The number of aromatic nitrogens is 2. The number of anilines is 1. The summed E-state index contributed by atoms with van der Waals surface area (Å²) in [5.74, 6) is 1.84. The molecule has 6 heteroatoms. The predicted molar refractivity (Wildman–Crippen MR) is 94.4 cm³/mol. The first-order valence-electron chi connectivity index (χ1n) is 8.28. The number of thioether (sulfide) groups is 1. The van der Waals surface area contributed by atoms with Crippen molar-refractivity contribution in [2.24, 2.45) is 0 Å². The average Bonchev–Trinajstić information content (AvgIpc) is 3.09. The Morgan fingerprint density at radius 1 is 1.17 bits per heavy atom. The summed E-state index contributed by atoms with van der Waals surface area (Å²) < 4.78 is 11.5. The first-order valence-corrected chi connectivity index (χ1v) is 9.27. The SMILES string of the molecule is c1ccc(CSc2cncc(N3CCOC4(CCOC4)C3)n2)cc1. The minimum absolute atomic E-state index is 0.160. The highest BCUT2D eigenvalue weighted by Crippen LogP contribution is 2.30. The largest absolute Gasteiger partial charge is 0.378 e. The molecule has 1 atom stereocenters. The van der Waals surface area contributed by atoms with Gasteiger partial charge in [-0.3, -0.25) is 4.98 Å². The number of benzene rings is 1. The molecule has 0 aliphatic carbocycles. The van der Waals surface area contributed by atoms with Gasteiger partial charge in [-0.05, 0) is 5.56 Å². The van der Waals surface area contributed by atoms with Gasteiger partial charge in [0.25, 0.3) is 0 Å². The first-order chi connectivity index (χ1) is 11.8. The lowest BCUT2D eigenvalue weighted by Crippen LogP contribution is -2.52. The van der Waals surface area contributed by atoms with Crippen LogP contribution in [0.4, 0.5) is 5.82 Å². The monoisotopic (exact) mass is 343 g/mol. The summed E-state index contributed by atoms with van der Waals surface area (Å²) in [6.45, 7) is 3.86. The van der Waals surface area contributed by atoms with Gasteiger partial charge >= 0.3 is 0 Å². The Bertz CT molecular complexity index is 677. The molecule has 0 radical (unpaired) electrons. The van der Waals surface area contributed by atoms with E-state index in [9.17, 15) is 0 Å². The van der Waals surface area contributed by atoms with E-state index in [2.05, 4.69) is 34.1 Å². The van der Waals surface area contributed by atoms with Crippen LogP contribution in [0, 0.1) is 0 Å². The third-order valence-electron chi connectivity index (χ3n) is 4.47. The van der Waals surface area contributed by atoms with Gasteiger partial charge in [-0.2, -0.15) is 0 Å². The van der Waals surface area contributed by atoms with Crippen LogP contribution in [0.5, 0.6) is 0 Å². The predicted octanol–water partition coefficient (Wildman–Crippen LogP) is 2.76. The molecular weight excluding hydrogens is 322 g/mol. The summed E-state index contributed by atoms with van der Waals surface area (Å²) in [5, 5.41) is 0.958. The minimum atomic E-state index is -0.160. The third-order valence-corrected chi connectivity index (χ3v) is 5.44. The average molecular weight is 343 g/mol. The van der Waals surface area contributed by atoms with E-state index < -0.39 is 0 Å². The highest BCUT2D eigenvalue weighted by Gasteiger charge is 2.40. The zero-order chi connectivity index (χ0) is 16.2. The molecule has 2 aliphatic heterocycles. The Labute approximate surface area is 146 Å². The molecule has 2 aromatic rings. The maximum atomic E-state index is 5.99. The zero-order valence-corrected chi connectivity index (χ0v) is 14.4. The lowest BCUT2D eigenvalue weighted by atomic mass is 10.0. The van der Waals surface area contributed by atoms with Crippen LogP contribution in [0.15, 0.2) is 47.8 Å². The molecule has 0 N–H and O–H groups in total. The number of ether oxygens (including phenoxy) is 2. The van der Waals surface area contributed by atoms with Crippen LogP contribution in [0.25, 0.3) is 0 Å². The lowest BCUT2D eigenvalue weighted by molar-refractivity contribution is -0.0581. The van der Waals surface area contributed by atoms with Gasteiger partial charge in [-0.25, -0.2) is 4.98 Å². The Morgan fingerprint density at radius 3 is 2.92 bits per heavy atom. The van der Waals surface area contributed by atoms with E-state index in [-0.39, 0.29) is 5.60 Å². The van der Waals surface area contributed by atoms with Crippen LogP contribution in [0.3, 0.4) is 0 Å². The molecule has 24 heavy (non-hydrogen) atoms. The van der Waals surface area contributed by atoms with Gasteiger partial charge in [0.2, 0.25) is 0 Å². The Balaban J connectivity index is 1.44. The number of morpholine rings is 1. The van der Waals surface area contributed by atoms with Gasteiger partial charge in [0.15, 0.2) is 0 Å². The van der Waals surface area contributed by atoms with E-state index in [1.165, 1.54) is 5.56 Å². The molecule has 4 rings (SSSR count). The third kappa shape index (κ3) is 3.55. The van der Waals surface area contributed by atoms with Crippen LogP contribution in [0.2, 0.25) is 0 Å². The number of nitrogens with zero attached hydrogens (tertiary/aromatic N) is 3. The minimum Gasteiger partial charge on any atom is -0.378 e. The van der Waals surface area contributed by atoms with Crippen LogP contribution in [0.1, 0.15) is 12.0 Å². The van der Waals surface area contributed by atoms with Crippen molar-refractivity contribution >= 4 is 17.6 Å². The second-order valence-electron chi connectivity index (χ2n) is 6.25. The Kier molecular flexibility index (Phi) is 4.69. The highest BCUT2D eigenvalue weighted by molar-refractivity contribution is 7.98. The summed E-state index contributed by atoms with van der Waals surface area (Å²) in [4.78, 5) is 11.5. The van der Waals surface area contributed by atoms with Gasteiger partial charge in [0, 0.05) is 25.3 Å². The summed E-state index contributed by atoms with van der Waals surface area (Å²) in [7, 11) is 0. The highest BCUT2D eigenvalue weighted by atomic mass is 32.2. The molecule has 0 saturated carbocycles. The van der Waals surface area contributed by atoms with Gasteiger partial charge in [-0.15, -0.1) is 11.8 Å². The maximum absolute atomic E-state index is 5.99. The smallest absolute Gasteiger partial charge is 0.148 e. The molecular formula is C18H21N3O2S. The molecule has 5 nitrogen and oxygen atoms in total. The molecule has 0 bridgehead atoms. The van der Waals surface area contributed by atoms with Crippen molar-refractivity contribution in [1.29, 1.82) is 0 Å². The summed E-state index contributed by atoms with van der Waals surface area (Å²) in [6.07, 6.45) is 4.65. The van der Waals surface area contributed by atoms with Crippen molar-refractivity contribution in [2.75, 3.05) is 37.8 Å². The van der Waals surface area contributed by atoms with E-state index >= 15 is 0 Å². The second kappa shape index (κ2) is 7.09. The van der Waals surface area contributed by atoms with Gasteiger partial charge in [-0.1, -0.05) is 30.3 Å². The lowest BCUT2D eigenvalue weighted by Gasteiger charge is -2.39. The van der Waals surface area contributed by atoms with Crippen LogP contribution in [-0.4, -0.2) is 48.5 Å². The van der Waals surface area contributed by atoms with Crippen LogP contribution >= 0.6 is 11.8 Å². The van der Waals surface area contributed by atoms with E-state index in [1.807, 2.05) is 18.5 Å². The summed E-state index contributed by atoms with van der Waals surface area (Å²) in [6, 6.07) is 10.4. The molecule has 3 heterocycles. The molecule has 2 saturated heterocycles. The normalized spacial score (nSPS) is 23.8. The van der Waals surface area contributed by atoms with Crippen molar-refractivity contribution < 1.29 is 9.47 Å². The van der Waals surface area contributed by atoms with Gasteiger partial charge in [0.05, 0.1) is 32.2 Å². The zero-order valence-electron chi connectivity index (χ0n) is 13.6. The molecule has 2 fully saturated rings. The first kappa shape index (κ1) is 15.9. The molecule has 0 amide bonds. The van der Waals surface area contributed by atoms with Gasteiger partial charge < -0.3 is 14.4 Å². The fraction of sp³-hybridized carbons (Fsp3) is 0.444. The second-order valence-corrected chi connectivity index (χ2v) is 7.24. The van der Waals surface area contributed by atoms with E-state index in [1.54, 1.807) is 11.8 Å². The molecule has 1 spiro atoms. The van der Waals surface area contributed by atoms with Crippen LogP contribution < -0.4 is 4.90 Å². The fourth-order valence-electron chi connectivity index (χ4n) is 3.16. The maximum Gasteiger partial charge on any atom is 0.148 e. The standard InChI is InChI=1S/C18H21N3O2S/c1-2-4-15(5-3-1)12-24-17-11-19-10-16(20-17)21-7-9-23-18(13-21)6-8-22-14-18/h1-5,10-11H,6-9,12-14H2. The van der Waals surface area contributed by atoms with E-state index in [0.29, 0.717) is 13.2 Å². The molecule has 1 aromatic heterocycles. The molecule has 1 unspecified atom stereocenters. The van der Waals surface area contributed by atoms with Crippen molar-refractivity contribution in [2.45, 2.75) is 22.8 Å². The van der Waals surface area contributed by atoms with Crippen molar-refractivity contribution in [3.8, 4) is 0 Å². The fourth-order valence-corrected chi connectivity index (χ4v) is 3.96. The topological polar surface area (TPSA) is 47.5 Å². The Hall–Kier alpha value is -1.63. The van der Waals surface area contributed by atoms with Gasteiger partial charge in [0.1, 0.15) is 16.4 Å². The summed E-state index contributed by atoms with van der Waals surface area (Å²) in [5.41, 5.74) is 1.13. The number of hydrogen-bond acceptors (Lipinski definition) is 6. The molecule has 126 valence electrons. The van der Waals surface area contributed by atoms with Crippen molar-refractivity contribution in [3.63, 3.8) is 0 Å².